The third-order valence-electron chi connectivity index (χ3n) is 2.27. The van der Waals surface area contributed by atoms with E-state index in [0.717, 1.165) is 0 Å². The Balaban J connectivity index is 4.48. The van der Waals surface area contributed by atoms with Crippen LogP contribution >= 0.6 is 95.6 Å². The highest BCUT2D eigenvalue weighted by molar-refractivity contribution is 9.40. The lowest BCUT2D eigenvalue weighted by atomic mass is 10.6. The Morgan fingerprint density at radius 2 is 0.960 bits per heavy atom. The quantitative estimate of drug-likeness (QED) is 0.361. The molecule has 16 heteroatoms. The first-order valence-electron chi connectivity index (χ1n) is 6.07. The highest BCUT2D eigenvalue weighted by Crippen LogP contribution is 2.33. The van der Waals surface area contributed by atoms with Gasteiger partial charge in [0.05, 0.1) is 11.5 Å². The van der Waals surface area contributed by atoms with Gasteiger partial charge >= 0.3 is 0 Å². The molecule has 0 spiro atoms. The Bertz CT molecular complexity index is 637. The van der Waals surface area contributed by atoms with Gasteiger partial charge in [-0.05, 0) is 95.6 Å². The molecule has 25 heavy (non-hydrogen) atoms. The van der Waals surface area contributed by atoms with Crippen LogP contribution in [0.3, 0.4) is 0 Å². The summed E-state index contributed by atoms with van der Waals surface area (Å²) in [4.78, 5) is 23.0. The zero-order valence-electron chi connectivity index (χ0n) is 12.1. The third kappa shape index (κ3) is 12.7. The molecule has 0 bridgehead atoms. The number of halogens is 6. The minimum absolute atomic E-state index is 0.253. The van der Waals surface area contributed by atoms with Crippen molar-refractivity contribution < 1.29 is 26.4 Å². The molecule has 0 aliphatic carbocycles. The number of rotatable bonds is 8. The summed E-state index contributed by atoms with van der Waals surface area (Å²) >= 11 is 17.8. The van der Waals surface area contributed by atoms with Gasteiger partial charge in [-0.3, -0.25) is 9.59 Å². The van der Waals surface area contributed by atoms with Crippen molar-refractivity contribution in [3.05, 3.63) is 0 Å². The molecular weight excluding hydrogens is 776 g/mol. The summed E-state index contributed by atoms with van der Waals surface area (Å²) in [5.74, 6) is -2.23. The van der Waals surface area contributed by atoms with Crippen LogP contribution < -0.4 is 10.6 Å². The topological polar surface area (TPSA) is 126 Å². The Hall–Kier alpha value is 1.72. The van der Waals surface area contributed by atoms with Gasteiger partial charge in [0.25, 0.3) is 11.8 Å². The second kappa shape index (κ2) is 10.5. The Kier molecular flexibility index (Phi) is 11.2. The smallest absolute Gasteiger partial charge is 0.258 e. The zero-order chi connectivity index (χ0) is 20.1. The Labute approximate surface area is 196 Å². The molecule has 2 amide bonds. The van der Waals surface area contributed by atoms with E-state index in [1.165, 1.54) is 0 Å². The summed E-state index contributed by atoms with van der Waals surface area (Å²) in [6, 6.07) is 0. The minimum Gasteiger partial charge on any atom is -0.352 e. The van der Waals surface area contributed by atoms with Crippen molar-refractivity contribution >= 4 is 127 Å². The lowest BCUT2D eigenvalue weighted by Gasteiger charge is -2.13. The van der Waals surface area contributed by atoms with Gasteiger partial charge in [-0.2, -0.15) is 0 Å². The standard InChI is InChI=1S/C9H12Br6N2O6S2/c10-8(11,12)6(18)16-1-3-24(20,21)5-25(22,23)4-2-17-7(19)9(13,14)15/h1-5H2,(H,16,18)(H,17,19). The predicted molar refractivity (Wildman–Crippen MR) is 117 cm³/mol. The first-order valence-corrected chi connectivity index (χ1v) is 14.5. The van der Waals surface area contributed by atoms with Gasteiger partial charge in [-0.15, -0.1) is 0 Å². The van der Waals surface area contributed by atoms with E-state index in [0.29, 0.717) is 0 Å². The maximum absolute atomic E-state index is 11.9. The van der Waals surface area contributed by atoms with Crippen molar-refractivity contribution in [2.75, 3.05) is 29.7 Å². The van der Waals surface area contributed by atoms with Crippen LogP contribution in [0.2, 0.25) is 0 Å². The number of sulfone groups is 2. The third-order valence-corrected chi connectivity index (χ3v) is 8.96. The Morgan fingerprint density at radius 3 is 1.20 bits per heavy atom. The molecule has 0 rings (SSSR count). The molecule has 0 aliphatic rings. The first kappa shape index (κ1) is 26.7. The van der Waals surface area contributed by atoms with Crippen LogP contribution in [0.1, 0.15) is 0 Å². The van der Waals surface area contributed by atoms with Crippen LogP contribution in [-0.2, 0) is 29.3 Å². The number of carbonyl (C=O) groups is 2. The summed E-state index contributed by atoms with van der Waals surface area (Å²) in [7, 11) is -7.90. The summed E-state index contributed by atoms with van der Waals surface area (Å²) in [5.41, 5.74) is 0. The highest BCUT2D eigenvalue weighted by atomic mass is 80.0. The summed E-state index contributed by atoms with van der Waals surface area (Å²) in [6.07, 6.45) is 0. The molecule has 0 aliphatic heterocycles. The SMILES string of the molecule is O=C(NCCS(=O)(=O)CS(=O)(=O)CCNC(=O)C(Br)(Br)Br)C(Br)(Br)Br. The lowest BCUT2D eigenvalue weighted by Crippen LogP contribution is -2.39. The average Bonchev–Trinajstić information content (AvgIpc) is 2.34. The molecule has 0 fully saturated rings. The number of carbonyl (C=O) groups excluding carboxylic acids is 2. The molecule has 0 unspecified atom stereocenters. The fourth-order valence-corrected chi connectivity index (χ4v) is 6.03. The molecule has 0 saturated carbocycles. The van der Waals surface area contributed by atoms with E-state index >= 15 is 0 Å². The predicted octanol–water partition coefficient (Wildman–Crippen LogP) is 1.68. The molecule has 0 heterocycles. The second-order valence-electron chi connectivity index (χ2n) is 4.52. The zero-order valence-corrected chi connectivity index (χ0v) is 23.2. The molecular formula is C9H12Br6N2O6S2. The van der Waals surface area contributed by atoms with E-state index < -0.39 is 52.4 Å². The molecule has 148 valence electrons. The summed E-state index contributed by atoms with van der Waals surface area (Å²) in [5, 5.41) is 3.55. The van der Waals surface area contributed by atoms with Gasteiger partial charge in [-0.25, -0.2) is 16.8 Å². The van der Waals surface area contributed by atoms with Gasteiger partial charge in [0.2, 0.25) is 4.29 Å². The fraction of sp³-hybridized carbons (Fsp3) is 0.778. The van der Waals surface area contributed by atoms with Crippen molar-refractivity contribution in [3.63, 3.8) is 0 Å². The van der Waals surface area contributed by atoms with E-state index in [1.807, 2.05) is 0 Å². The monoisotopic (exact) mass is 782 g/mol. The normalized spacial score (nSPS) is 13.4. The average molecular weight is 788 g/mol. The van der Waals surface area contributed by atoms with Crippen LogP contribution in [0.15, 0.2) is 0 Å². The number of hydrogen-bond donors (Lipinski definition) is 2. The van der Waals surface area contributed by atoms with Gasteiger partial charge in [-0.1, -0.05) is 0 Å². The Morgan fingerprint density at radius 1 is 0.680 bits per heavy atom. The van der Waals surface area contributed by atoms with Crippen molar-refractivity contribution in [2.24, 2.45) is 0 Å². The number of alkyl halides is 6. The molecule has 0 aromatic heterocycles. The van der Waals surface area contributed by atoms with E-state index in [2.05, 4.69) is 106 Å². The summed E-state index contributed by atoms with van der Waals surface area (Å²) in [6.45, 7) is -0.505. The minimum atomic E-state index is -3.95. The molecule has 0 aromatic rings. The van der Waals surface area contributed by atoms with Crippen LogP contribution in [0.5, 0.6) is 0 Å². The summed E-state index contributed by atoms with van der Waals surface area (Å²) < 4.78 is 45.0. The van der Waals surface area contributed by atoms with Gasteiger partial charge in [0.1, 0.15) is 0 Å². The molecule has 0 atom stereocenters. The number of amides is 2. The molecule has 0 saturated heterocycles. The lowest BCUT2D eigenvalue weighted by molar-refractivity contribution is -0.120. The van der Waals surface area contributed by atoms with Crippen LogP contribution in [0.25, 0.3) is 0 Å². The van der Waals surface area contributed by atoms with Gasteiger partial charge in [0.15, 0.2) is 24.8 Å². The van der Waals surface area contributed by atoms with Crippen LogP contribution in [0, 0.1) is 0 Å². The van der Waals surface area contributed by atoms with Gasteiger partial charge in [0, 0.05) is 13.1 Å². The second-order valence-corrected chi connectivity index (χ2v) is 22.8. The molecule has 0 radical (unpaired) electrons. The first-order chi connectivity index (χ1) is 11.0. The van der Waals surface area contributed by atoms with Crippen molar-refractivity contribution in [1.82, 2.24) is 10.6 Å². The van der Waals surface area contributed by atoms with E-state index in [9.17, 15) is 26.4 Å². The largest absolute Gasteiger partial charge is 0.352 e. The van der Waals surface area contributed by atoms with E-state index in [-0.39, 0.29) is 13.1 Å². The van der Waals surface area contributed by atoms with Crippen LogP contribution in [0.4, 0.5) is 0 Å². The van der Waals surface area contributed by atoms with Crippen LogP contribution in [-0.4, -0.2) is 62.6 Å². The van der Waals surface area contributed by atoms with Crippen molar-refractivity contribution in [3.8, 4) is 0 Å². The molecule has 8 nitrogen and oxygen atoms in total. The maximum atomic E-state index is 11.9. The highest BCUT2D eigenvalue weighted by Gasteiger charge is 2.30. The van der Waals surface area contributed by atoms with Crippen molar-refractivity contribution in [2.45, 2.75) is 4.29 Å². The number of hydrogen-bond acceptors (Lipinski definition) is 6. The molecule has 2 N–H and O–H groups in total. The molecule has 0 aromatic carbocycles. The fourth-order valence-electron chi connectivity index (χ4n) is 1.23. The van der Waals surface area contributed by atoms with Gasteiger partial charge < -0.3 is 10.6 Å². The number of nitrogens with one attached hydrogen (secondary N) is 2. The van der Waals surface area contributed by atoms with E-state index in [4.69, 9.17) is 0 Å². The maximum Gasteiger partial charge on any atom is 0.258 e. The van der Waals surface area contributed by atoms with E-state index in [1.54, 1.807) is 0 Å². The van der Waals surface area contributed by atoms with Crippen molar-refractivity contribution in [1.29, 1.82) is 0 Å².